The van der Waals surface area contributed by atoms with E-state index >= 15 is 0 Å². The maximum atomic E-state index is 12.9. The van der Waals surface area contributed by atoms with Crippen LogP contribution in [0.1, 0.15) is 55.1 Å². The van der Waals surface area contributed by atoms with Crippen LogP contribution in [-0.2, 0) is 17.8 Å². The Kier molecular flexibility index (Phi) is 8.86. The van der Waals surface area contributed by atoms with Crippen molar-refractivity contribution in [1.29, 1.82) is 0 Å². The molecule has 3 rings (SSSR count). The lowest BCUT2D eigenvalue weighted by molar-refractivity contribution is -0.132. The molecule has 0 bridgehead atoms. The number of benzene rings is 2. The smallest absolute Gasteiger partial charge is 0.253 e. The molecule has 1 saturated heterocycles. The molecule has 0 saturated carbocycles. The van der Waals surface area contributed by atoms with E-state index < -0.39 is 0 Å². The summed E-state index contributed by atoms with van der Waals surface area (Å²) in [6.45, 7) is 10.9. The summed E-state index contributed by atoms with van der Waals surface area (Å²) < 4.78 is 0. The minimum absolute atomic E-state index is 0.0592. The van der Waals surface area contributed by atoms with Crippen molar-refractivity contribution in [3.05, 3.63) is 71.3 Å². The van der Waals surface area contributed by atoms with Crippen LogP contribution in [-0.4, -0.2) is 65.3 Å². The van der Waals surface area contributed by atoms with Gasteiger partial charge >= 0.3 is 0 Å². The van der Waals surface area contributed by atoms with Gasteiger partial charge in [0.15, 0.2) is 0 Å². The summed E-state index contributed by atoms with van der Waals surface area (Å²) in [7, 11) is 0. The highest BCUT2D eigenvalue weighted by Gasteiger charge is 2.24. The summed E-state index contributed by atoms with van der Waals surface area (Å²) in [6, 6.07) is 18.8. The van der Waals surface area contributed by atoms with E-state index in [0.29, 0.717) is 38.6 Å². The van der Waals surface area contributed by atoms with Crippen molar-refractivity contribution < 1.29 is 9.59 Å². The first-order chi connectivity index (χ1) is 15.5. The van der Waals surface area contributed by atoms with Crippen LogP contribution >= 0.6 is 0 Å². The molecule has 2 aromatic rings. The van der Waals surface area contributed by atoms with Gasteiger partial charge in [0.2, 0.25) is 5.91 Å². The molecule has 0 aromatic heterocycles. The Morgan fingerprint density at radius 2 is 1.50 bits per heavy atom. The van der Waals surface area contributed by atoms with Crippen molar-refractivity contribution in [2.24, 2.45) is 0 Å². The largest absolute Gasteiger partial charge is 0.339 e. The van der Waals surface area contributed by atoms with Crippen molar-refractivity contribution >= 4 is 11.8 Å². The van der Waals surface area contributed by atoms with Crippen molar-refractivity contribution in [3.8, 4) is 0 Å². The van der Waals surface area contributed by atoms with Crippen LogP contribution in [0.25, 0.3) is 0 Å². The third-order valence-electron chi connectivity index (χ3n) is 6.34. The van der Waals surface area contributed by atoms with Crippen LogP contribution in [0, 0.1) is 0 Å². The summed E-state index contributed by atoms with van der Waals surface area (Å²) in [6.07, 6.45) is 2.35. The average Bonchev–Trinajstić information content (AvgIpc) is 2.83. The molecule has 0 aliphatic carbocycles. The molecule has 5 heteroatoms. The first kappa shape index (κ1) is 24.0. The Morgan fingerprint density at radius 1 is 0.875 bits per heavy atom. The van der Waals surface area contributed by atoms with Gasteiger partial charge in [-0.3, -0.25) is 14.5 Å². The second kappa shape index (κ2) is 11.8. The van der Waals surface area contributed by atoms with Gasteiger partial charge in [-0.05, 0) is 56.5 Å². The molecule has 0 atom stereocenters. The Labute approximate surface area is 193 Å². The number of aryl methyl sites for hydroxylation is 1. The summed E-state index contributed by atoms with van der Waals surface area (Å²) in [5.74, 6) is 0.256. The molecule has 0 unspecified atom stereocenters. The number of hydrogen-bond donors (Lipinski definition) is 0. The molecule has 0 radical (unpaired) electrons. The van der Waals surface area contributed by atoms with Crippen LogP contribution < -0.4 is 0 Å². The van der Waals surface area contributed by atoms with E-state index in [1.165, 1.54) is 11.1 Å². The molecule has 2 amide bonds. The van der Waals surface area contributed by atoms with Crippen LogP contribution in [0.2, 0.25) is 0 Å². The lowest BCUT2D eigenvalue weighted by Gasteiger charge is -2.35. The summed E-state index contributed by atoms with van der Waals surface area (Å²) in [5, 5.41) is 0. The third-order valence-corrected chi connectivity index (χ3v) is 6.34. The van der Waals surface area contributed by atoms with E-state index in [1.54, 1.807) is 0 Å². The Hall–Kier alpha value is -2.66. The second-order valence-electron chi connectivity index (χ2n) is 8.87. The monoisotopic (exact) mass is 435 g/mol. The number of hydrogen-bond acceptors (Lipinski definition) is 3. The van der Waals surface area contributed by atoms with E-state index in [9.17, 15) is 9.59 Å². The van der Waals surface area contributed by atoms with Gasteiger partial charge in [0, 0.05) is 50.7 Å². The zero-order valence-electron chi connectivity index (χ0n) is 19.8. The lowest BCUT2D eigenvalue weighted by Crippen LogP contribution is -2.50. The molecule has 2 aromatic carbocycles. The Bertz CT molecular complexity index is 856. The minimum Gasteiger partial charge on any atom is -0.339 e. The van der Waals surface area contributed by atoms with Crippen LogP contribution in [0.3, 0.4) is 0 Å². The molecular formula is C27H37N3O2. The molecule has 172 valence electrons. The number of piperazine rings is 1. The van der Waals surface area contributed by atoms with Crippen molar-refractivity contribution in [2.45, 2.75) is 52.6 Å². The van der Waals surface area contributed by atoms with Crippen molar-refractivity contribution in [2.75, 3.05) is 32.7 Å². The lowest BCUT2D eigenvalue weighted by atomic mass is 10.1. The molecule has 5 nitrogen and oxygen atoms in total. The molecule has 1 aliphatic heterocycles. The van der Waals surface area contributed by atoms with Gasteiger partial charge in [0.05, 0.1) is 0 Å². The van der Waals surface area contributed by atoms with Gasteiger partial charge in [-0.2, -0.15) is 0 Å². The van der Waals surface area contributed by atoms with Crippen LogP contribution in [0.4, 0.5) is 0 Å². The number of amides is 2. The molecular weight excluding hydrogens is 398 g/mol. The summed E-state index contributed by atoms with van der Waals surface area (Å²) in [5.41, 5.74) is 3.22. The van der Waals surface area contributed by atoms with Crippen LogP contribution in [0.5, 0.6) is 0 Å². The highest BCUT2D eigenvalue weighted by Crippen LogP contribution is 2.14. The normalized spacial score (nSPS) is 14.3. The zero-order chi connectivity index (χ0) is 22.9. The number of rotatable bonds is 9. The highest BCUT2D eigenvalue weighted by molar-refractivity contribution is 5.94. The zero-order valence-corrected chi connectivity index (χ0v) is 19.8. The third kappa shape index (κ3) is 6.67. The molecule has 1 fully saturated rings. The first-order valence-corrected chi connectivity index (χ1v) is 11.9. The first-order valence-electron chi connectivity index (χ1n) is 11.9. The number of carbonyl (C=O) groups excluding carboxylic acids is 2. The second-order valence-corrected chi connectivity index (χ2v) is 8.87. The predicted octanol–water partition coefficient (Wildman–Crippen LogP) is 4.22. The van der Waals surface area contributed by atoms with Gasteiger partial charge in [-0.25, -0.2) is 0 Å². The fourth-order valence-corrected chi connectivity index (χ4v) is 4.23. The molecule has 0 N–H and O–H groups in total. The Balaban J connectivity index is 1.44. The van der Waals surface area contributed by atoms with Crippen molar-refractivity contribution in [3.63, 3.8) is 0 Å². The maximum absolute atomic E-state index is 12.9. The van der Waals surface area contributed by atoms with E-state index in [0.717, 1.165) is 31.5 Å². The molecule has 0 spiro atoms. The van der Waals surface area contributed by atoms with Gasteiger partial charge in [0.1, 0.15) is 0 Å². The molecule has 1 aliphatic rings. The maximum Gasteiger partial charge on any atom is 0.253 e. The molecule has 32 heavy (non-hydrogen) atoms. The van der Waals surface area contributed by atoms with Gasteiger partial charge in [0.25, 0.3) is 5.91 Å². The van der Waals surface area contributed by atoms with E-state index in [1.807, 2.05) is 40.1 Å². The van der Waals surface area contributed by atoms with Crippen molar-refractivity contribution in [1.82, 2.24) is 14.7 Å². The minimum atomic E-state index is 0.0592. The summed E-state index contributed by atoms with van der Waals surface area (Å²) in [4.78, 5) is 31.6. The fourth-order valence-electron chi connectivity index (χ4n) is 4.23. The number of carbonyl (C=O) groups is 2. The quantitative estimate of drug-likeness (QED) is 0.592. The number of nitrogens with zero attached hydrogens (tertiary/aromatic N) is 3. The van der Waals surface area contributed by atoms with Crippen LogP contribution in [0.15, 0.2) is 54.6 Å². The van der Waals surface area contributed by atoms with Gasteiger partial charge in [-0.15, -0.1) is 0 Å². The van der Waals surface area contributed by atoms with E-state index in [2.05, 4.69) is 49.9 Å². The highest BCUT2D eigenvalue weighted by atomic mass is 16.2. The standard InChI is InChI=1S/C27H37N3O2/c1-4-28(22(2)3)21-24-13-15-25(16-14-24)27(32)30-19-17-29(18-20-30)26(31)12-8-11-23-9-6-5-7-10-23/h5-7,9-10,13-16,22H,4,8,11-12,17-21H2,1-3H3. The summed E-state index contributed by atoms with van der Waals surface area (Å²) >= 11 is 0. The van der Waals surface area contributed by atoms with E-state index in [-0.39, 0.29) is 11.8 Å². The van der Waals surface area contributed by atoms with E-state index in [4.69, 9.17) is 0 Å². The van der Waals surface area contributed by atoms with Gasteiger partial charge < -0.3 is 9.80 Å². The van der Waals surface area contributed by atoms with Gasteiger partial charge in [-0.1, -0.05) is 49.4 Å². The SMILES string of the molecule is CCN(Cc1ccc(C(=O)N2CCN(C(=O)CCCc3ccccc3)CC2)cc1)C(C)C. The average molecular weight is 436 g/mol. The Morgan fingerprint density at radius 3 is 2.09 bits per heavy atom. The fraction of sp³-hybridized carbons (Fsp3) is 0.481. The predicted molar refractivity (Wildman–Crippen MR) is 130 cm³/mol. The molecule has 1 heterocycles. The topological polar surface area (TPSA) is 43.9 Å².